The Morgan fingerprint density at radius 1 is 1.28 bits per heavy atom. The smallest absolute Gasteiger partial charge is 0.214 e. The molecule has 152 valence electrons. The number of hydrogen-bond acceptors (Lipinski definition) is 7. The van der Waals surface area contributed by atoms with Crippen LogP contribution in [0.25, 0.3) is 16.2 Å². The molecule has 7 nitrogen and oxygen atoms in total. The van der Waals surface area contributed by atoms with Crippen molar-refractivity contribution in [3.63, 3.8) is 0 Å². The van der Waals surface area contributed by atoms with E-state index in [2.05, 4.69) is 27.1 Å². The zero-order valence-electron chi connectivity index (χ0n) is 16.2. The SMILES string of the molecule is C=C1NCCNC12CCN(c1nn3c(-c4ccc(F)cc4OC)cnc3s1)CC2. The Bertz CT molecular complexity index is 1070. The number of nitrogens with one attached hydrogen (secondary N) is 2. The summed E-state index contributed by atoms with van der Waals surface area (Å²) in [5, 5.41) is 12.8. The second kappa shape index (κ2) is 7.00. The number of piperidine rings is 1. The van der Waals surface area contributed by atoms with E-state index in [1.165, 1.54) is 19.2 Å². The van der Waals surface area contributed by atoms with Gasteiger partial charge in [0.05, 0.1) is 24.5 Å². The van der Waals surface area contributed by atoms with Crippen LogP contribution >= 0.6 is 11.3 Å². The molecule has 2 fully saturated rings. The number of nitrogens with zero attached hydrogens (tertiary/aromatic N) is 4. The van der Waals surface area contributed by atoms with Crippen molar-refractivity contribution in [3.8, 4) is 17.0 Å². The van der Waals surface area contributed by atoms with Crippen molar-refractivity contribution in [2.24, 2.45) is 0 Å². The van der Waals surface area contributed by atoms with Crippen LogP contribution in [0.15, 0.2) is 36.7 Å². The summed E-state index contributed by atoms with van der Waals surface area (Å²) in [4.78, 5) is 7.62. The molecule has 0 atom stereocenters. The van der Waals surface area contributed by atoms with Crippen molar-refractivity contribution >= 4 is 21.4 Å². The summed E-state index contributed by atoms with van der Waals surface area (Å²) in [5.41, 5.74) is 2.64. The van der Waals surface area contributed by atoms with Crippen molar-refractivity contribution in [2.45, 2.75) is 18.4 Å². The van der Waals surface area contributed by atoms with Gasteiger partial charge in [0.1, 0.15) is 11.6 Å². The minimum Gasteiger partial charge on any atom is -0.496 e. The molecule has 0 aliphatic carbocycles. The first-order valence-electron chi connectivity index (χ1n) is 9.71. The quantitative estimate of drug-likeness (QED) is 0.687. The van der Waals surface area contributed by atoms with Gasteiger partial charge in [-0.15, -0.1) is 5.10 Å². The van der Waals surface area contributed by atoms with Crippen molar-refractivity contribution in [1.82, 2.24) is 25.2 Å². The fraction of sp³-hybridized carbons (Fsp3) is 0.400. The predicted octanol–water partition coefficient (Wildman–Crippen LogP) is 2.65. The molecule has 9 heteroatoms. The molecule has 2 aliphatic heterocycles. The van der Waals surface area contributed by atoms with E-state index in [1.807, 2.05) is 4.52 Å². The number of ether oxygens (including phenoxy) is 1. The first kappa shape index (κ1) is 18.4. The number of halogens is 1. The number of imidazole rings is 1. The number of fused-ring (bicyclic) bond motifs is 1. The molecule has 2 aromatic heterocycles. The molecular formula is C20H23FN6OS. The van der Waals surface area contributed by atoms with E-state index in [1.54, 1.807) is 23.6 Å². The van der Waals surface area contributed by atoms with Crippen LogP contribution < -0.4 is 20.3 Å². The highest BCUT2D eigenvalue weighted by atomic mass is 32.1. The van der Waals surface area contributed by atoms with Crippen molar-refractivity contribution in [1.29, 1.82) is 0 Å². The highest BCUT2D eigenvalue weighted by molar-refractivity contribution is 7.20. The Hall–Kier alpha value is -2.65. The molecule has 0 bridgehead atoms. The molecule has 2 N–H and O–H groups in total. The minimum atomic E-state index is -0.333. The van der Waals surface area contributed by atoms with Crippen LogP contribution in [-0.4, -0.2) is 53.4 Å². The normalized spacial score (nSPS) is 19.0. The molecule has 0 amide bonds. The van der Waals surface area contributed by atoms with Crippen molar-refractivity contribution in [3.05, 3.63) is 42.5 Å². The second-order valence-corrected chi connectivity index (χ2v) is 8.40. The Balaban J connectivity index is 1.42. The van der Waals surface area contributed by atoms with Gasteiger partial charge in [0, 0.05) is 43.5 Å². The Labute approximate surface area is 172 Å². The van der Waals surface area contributed by atoms with Crippen molar-refractivity contribution in [2.75, 3.05) is 38.2 Å². The van der Waals surface area contributed by atoms with Gasteiger partial charge in [0.25, 0.3) is 0 Å². The van der Waals surface area contributed by atoms with Gasteiger partial charge in [-0.25, -0.2) is 13.9 Å². The molecular weight excluding hydrogens is 391 g/mol. The summed E-state index contributed by atoms with van der Waals surface area (Å²) in [7, 11) is 1.54. The average Bonchev–Trinajstić information content (AvgIpc) is 3.32. The minimum absolute atomic E-state index is 0.0151. The fourth-order valence-electron chi connectivity index (χ4n) is 4.22. The molecule has 3 aromatic rings. The van der Waals surface area contributed by atoms with Gasteiger partial charge in [-0.3, -0.25) is 0 Å². The topological polar surface area (TPSA) is 66.7 Å². The lowest BCUT2D eigenvalue weighted by atomic mass is 9.83. The van der Waals surface area contributed by atoms with Gasteiger partial charge in [-0.05, 0) is 25.0 Å². The van der Waals surface area contributed by atoms with Gasteiger partial charge in [-0.2, -0.15) is 0 Å². The maximum Gasteiger partial charge on any atom is 0.214 e. The maximum absolute atomic E-state index is 13.6. The maximum atomic E-state index is 13.6. The summed E-state index contributed by atoms with van der Waals surface area (Å²) in [5.74, 6) is 0.135. The molecule has 0 saturated carbocycles. The molecule has 2 saturated heterocycles. The first-order chi connectivity index (χ1) is 14.1. The number of rotatable bonds is 3. The van der Waals surface area contributed by atoms with E-state index in [0.717, 1.165) is 66.1 Å². The number of hydrogen-bond donors (Lipinski definition) is 2. The highest BCUT2D eigenvalue weighted by Gasteiger charge is 2.39. The van der Waals surface area contributed by atoms with Gasteiger partial charge in [-0.1, -0.05) is 17.9 Å². The molecule has 2 aliphatic rings. The van der Waals surface area contributed by atoms with Crippen LogP contribution in [0.1, 0.15) is 12.8 Å². The van der Waals surface area contributed by atoms with Crippen LogP contribution in [0.4, 0.5) is 9.52 Å². The molecule has 29 heavy (non-hydrogen) atoms. The van der Waals surface area contributed by atoms with E-state index in [4.69, 9.17) is 9.84 Å². The van der Waals surface area contributed by atoms with Gasteiger partial charge in [0.15, 0.2) is 0 Å². The molecule has 5 rings (SSSR count). The fourth-order valence-corrected chi connectivity index (χ4v) is 5.15. The standard InChI is InChI=1S/C20H23FN6OS/c1-13-20(24-8-7-22-13)5-9-26(10-6-20)19-25-27-16(12-23-18(27)29-19)15-4-3-14(21)11-17(15)28-2/h3-4,11-12,22,24H,1,5-10H2,2H3. The lowest BCUT2D eigenvalue weighted by Crippen LogP contribution is -2.61. The summed E-state index contributed by atoms with van der Waals surface area (Å²) >= 11 is 1.57. The van der Waals surface area contributed by atoms with E-state index >= 15 is 0 Å². The van der Waals surface area contributed by atoms with Crippen molar-refractivity contribution < 1.29 is 9.13 Å². The Morgan fingerprint density at radius 3 is 2.86 bits per heavy atom. The Kier molecular flexibility index (Phi) is 4.44. The average molecular weight is 415 g/mol. The monoisotopic (exact) mass is 414 g/mol. The molecule has 1 spiro atoms. The third-order valence-corrected chi connectivity index (χ3v) is 6.89. The number of anilines is 1. The predicted molar refractivity (Wildman–Crippen MR) is 112 cm³/mol. The van der Waals surface area contributed by atoms with Gasteiger partial charge >= 0.3 is 0 Å². The molecule has 4 heterocycles. The Morgan fingerprint density at radius 2 is 2.10 bits per heavy atom. The zero-order chi connectivity index (χ0) is 20.0. The van der Waals surface area contributed by atoms with Crippen LogP contribution in [0.5, 0.6) is 5.75 Å². The molecule has 0 unspecified atom stereocenters. The highest BCUT2D eigenvalue weighted by Crippen LogP contribution is 2.36. The van der Waals surface area contributed by atoms with Crippen LogP contribution in [-0.2, 0) is 0 Å². The molecule has 0 radical (unpaired) electrons. The van der Waals surface area contributed by atoms with E-state index in [9.17, 15) is 4.39 Å². The summed E-state index contributed by atoms with van der Waals surface area (Å²) in [6, 6.07) is 4.51. The summed E-state index contributed by atoms with van der Waals surface area (Å²) in [6.45, 7) is 7.93. The van der Waals surface area contributed by atoms with E-state index < -0.39 is 0 Å². The van der Waals surface area contributed by atoms with Crippen LogP contribution in [0, 0.1) is 5.82 Å². The lowest BCUT2D eigenvalue weighted by Gasteiger charge is -2.46. The van der Waals surface area contributed by atoms with Crippen LogP contribution in [0.3, 0.4) is 0 Å². The summed E-state index contributed by atoms with van der Waals surface area (Å²) in [6.07, 6.45) is 3.73. The van der Waals surface area contributed by atoms with Crippen LogP contribution in [0.2, 0.25) is 0 Å². The number of aromatic nitrogens is 3. The number of methoxy groups -OCH3 is 1. The van der Waals surface area contributed by atoms with Gasteiger partial charge in [0.2, 0.25) is 10.1 Å². The third kappa shape index (κ3) is 3.05. The first-order valence-corrected chi connectivity index (χ1v) is 10.5. The van der Waals surface area contributed by atoms with E-state index in [-0.39, 0.29) is 11.4 Å². The van der Waals surface area contributed by atoms with E-state index in [0.29, 0.717) is 5.75 Å². The number of piperazine rings is 1. The second-order valence-electron chi connectivity index (χ2n) is 7.47. The molecule has 1 aromatic carbocycles. The zero-order valence-corrected chi connectivity index (χ0v) is 17.1. The third-order valence-electron chi connectivity index (χ3n) is 5.91. The summed E-state index contributed by atoms with van der Waals surface area (Å²) < 4.78 is 20.8. The number of benzene rings is 1. The lowest BCUT2D eigenvalue weighted by molar-refractivity contribution is 0.269. The van der Waals surface area contributed by atoms with Gasteiger partial charge < -0.3 is 20.3 Å². The largest absolute Gasteiger partial charge is 0.496 e.